The summed E-state index contributed by atoms with van der Waals surface area (Å²) in [5.74, 6) is -2.03. The highest BCUT2D eigenvalue weighted by Gasteiger charge is 2.43. The lowest BCUT2D eigenvalue weighted by Crippen LogP contribution is -2.46. The molecule has 1 N–H and O–H groups in total. The molecule has 0 aliphatic carbocycles. The van der Waals surface area contributed by atoms with E-state index in [9.17, 15) is 19.5 Å². The number of amides is 2. The SMILES string of the molecule is CN1C(=O)CC(N2Cc3ccccc3C(C(=O)O)C2)C1=O. The van der Waals surface area contributed by atoms with Gasteiger partial charge in [0.1, 0.15) is 0 Å². The van der Waals surface area contributed by atoms with Crippen LogP contribution in [0.3, 0.4) is 0 Å². The molecule has 1 aromatic carbocycles. The molecule has 6 nitrogen and oxygen atoms in total. The standard InChI is InChI=1S/C15H16N2O4/c1-16-13(18)6-12(14(16)19)17-7-9-4-2-3-5-10(9)11(8-17)15(20)21/h2-5,11-12H,6-8H2,1H3,(H,20,21). The fourth-order valence-electron chi connectivity index (χ4n) is 3.10. The Morgan fingerprint density at radius 3 is 2.62 bits per heavy atom. The second-order valence-corrected chi connectivity index (χ2v) is 5.53. The lowest BCUT2D eigenvalue weighted by Gasteiger charge is -2.35. The normalized spacial score (nSPS) is 26.0. The first-order valence-electron chi connectivity index (χ1n) is 6.84. The molecule has 1 fully saturated rings. The number of hydrogen-bond acceptors (Lipinski definition) is 4. The van der Waals surface area contributed by atoms with E-state index in [1.807, 2.05) is 29.2 Å². The van der Waals surface area contributed by atoms with E-state index < -0.39 is 17.9 Å². The maximum Gasteiger partial charge on any atom is 0.312 e. The van der Waals surface area contributed by atoms with Gasteiger partial charge in [0.05, 0.1) is 18.4 Å². The maximum absolute atomic E-state index is 12.1. The highest BCUT2D eigenvalue weighted by atomic mass is 16.4. The van der Waals surface area contributed by atoms with Gasteiger partial charge in [0, 0.05) is 20.1 Å². The summed E-state index contributed by atoms with van der Waals surface area (Å²) in [5, 5.41) is 9.43. The number of carbonyl (C=O) groups excluding carboxylic acids is 2. The molecule has 2 aliphatic rings. The van der Waals surface area contributed by atoms with E-state index in [-0.39, 0.29) is 24.8 Å². The molecule has 0 spiro atoms. The molecule has 0 bridgehead atoms. The third kappa shape index (κ3) is 2.21. The van der Waals surface area contributed by atoms with Crippen molar-refractivity contribution in [3.63, 3.8) is 0 Å². The Kier molecular flexibility index (Phi) is 3.25. The molecule has 0 saturated carbocycles. The van der Waals surface area contributed by atoms with Gasteiger partial charge in [-0.15, -0.1) is 0 Å². The van der Waals surface area contributed by atoms with Gasteiger partial charge in [-0.05, 0) is 11.1 Å². The average molecular weight is 288 g/mol. The Bertz CT molecular complexity index is 628. The first kappa shape index (κ1) is 13.8. The van der Waals surface area contributed by atoms with Gasteiger partial charge >= 0.3 is 5.97 Å². The zero-order chi connectivity index (χ0) is 15.1. The van der Waals surface area contributed by atoms with Gasteiger partial charge in [0.25, 0.3) is 0 Å². The first-order chi connectivity index (χ1) is 9.99. The van der Waals surface area contributed by atoms with Crippen molar-refractivity contribution in [3.8, 4) is 0 Å². The van der Waals surface area contributed by atoms with Crippen LogP contribution in [0.5, 0.6) is 0 Å². The number of benzene rings is 1. The third-order valence-corrected chi connectivity index (χ3v) is 4.32. The van der Waals surface area contributed by atoms with Crippen LogP contribution in [0.4, 0.5) is 0 Å². The van der Waals surface area contributed by atoms with Crippen molar-refractivity contribution in [2.45, 2.75) is 24.9 Å². The molecule has 2 aliphatic heterocycles. The van der Waals surface area contributed by atoms with Crippen LogP contribution < -0.4 is 0 Å². The fourth-order valence-corrected chi connectivity index (χ4v) is 3.10. The number of rotatable bonds is 2. The maximum atomic E-state index is 12.1. The van der Waals surface area contributed by atoms with Crippen LogP contribution in [0.25, 0.3) is 0 Å². The Labute approximate surface area is 122 Å². The van der Waals surface area contributed by atoms with Crippen LogP contribution >= 0.6 is 0 Å². The predicted molar refractivity (Wildman–Crippen MR) is 73.4 cm³/mol. The third-order valence-electron chi connectivity index (χ3n) is 4.32. The Morgan fingerprint density at radius 2 is 2.00 bits per heavy atom. The second-order valence-electron chi connectivity index (χ2n) is 5.53. The smallest absolute Gasteiger partial charge is 0.312 e. The van der Waals surface area contributed by atoms with Crippen molar-refractivity contribution < 1.29 is 19.5 Å². The minimum absolute atomic E-state index is 0.129. The predicted octanol–water partition coefficient (Wildman–Crippen LogP) is 0.428. The molecule has 110 valence electrons. The number of carbonyl (C=O) groups is 3. The summed E-state index contributed by atoms with van der Waals surface area (Å²) >= 11 is 0. The van der Waals surface area contributed by atoms with Crippen molar-refractivity contribution in [2.24, 2.45) is 0 Å². The summed E-state index contributed by atoms with van der Waals surface area (Å²) in [7, 11) is 1.47. The lowest BCUT2D eigenvalue weighted by molar-refractivity contribution is -0.142. The van der Waals surface area contributed by atoms with Crippen LogP contribution in [-0.2, 0) is 20.9 Å². The number of carboxylic acids is 1. The van der Waals surface area contributed by atoms with Crippen molar-refractivity contribution >= 4 is 17.8 Å². The minimum Gasteiger partial charge on any atom is -0.481 e. The quantitative estimate of drug-likeness (QED) is 0.798. The molecule has 1 aromatic rings. The summed E-state index contributed by atoms with van der Waals surface area (Å²) in [6.07, 6.45) is 0.129. The molecule has 2 unspecified atom stereocenters. The van der Waals surface area contributed by atoms with Crippen LogP contribution in [-0.4, -0.2) is 52.3 Å². The average Bonchev–Trinajstić information content (AvgIpc) is 2.73. The number of likely N-dealkylation sites (N-methyl/N-ethyl adjacent to an activating group) is 1. The summed E-state index contributed by atoms with van der Waals surface area (Å²) in [6.45, 7) is 0.751. The minimum atomic E-state index is -0.905. The summed E-state index contributed by atoms with van der Waals surface area (Å²) < 4.78 is 0. The van der Waals surface area contributed by atoms with Crippen LogP contribution in [0.15, 0.2) is 24.3 Å². The molecular weight excluding hydrogens is 272 g/mol. The molecule has 21 heavy (non-hydrogen) atoms. The first-order valence-corrected chi connectivity index (χ1v) is 6.84. The lowest BCUT2D eigenvalue weighted by atomic mass is 9.89. The van der Waals surface area contributed by atoms with Gasteiger partial charge < -0.3 is 5.11 Å². The van der Waals surface area contributed by atoms with E-state index in [2.05, 4.69) is 0 Å². The van der Waals surface area contributed by atoms with Gasteiger partial charge in [-0.1, -0.05) is 24.3 Å². The Balaban J connectivity index is 1.92. The van der Waals surface area contributed by atoms with E-state index in [4.69, 9.17) is 0 Å². The van der Waals surface area contributed by atoms with Gasteiger partial charge in [0.15, 0.2) is 0 Å². The Morgan fingerprint density at radius 1 is 1.29 bits per heavy atom. The van der Waals surface area contributed by atoms with E-state index in [0.29, 0.717) is 6.54 Å². The molecule has 1 saturated heterocycles. The topological polar surface area (TPSA) is 77.9 Å². The van der Waals surface area contributed by atoms with Gasteiger partial charge in [0.2, 0.25) is 11.8 Å². The molecular formula is C15H16N2O4. The van der Waals surface area contributed by atoms with Gasteiger partial charge in [-0.3, -0.25) is 24.2 Å². The van der Waals surface area contributed by atoms with E-state index in [0.717, 1.165) is 16.0 Å². The van der Waals surface area contributed by atoms with E-state index in [1.54, 1.807) is 0 Å². The Hall–Kier alpha value is -2.21. The summed E-state index contributed by atoms with van der Waals surface area (Å²) in [4.78, 5) is 38.2. The highest BCUT2D eigenvalue weighted by molar-refractivity contribution is 6.05. The van der Waals surface area contributed by atoms with Gasteiger partial charge in [-0.25, -0.2) is 0 Å². The van der Waals surface area contributed by atoms with Crippen molar-refractivity contribution in [1.82, 2.24) is 9.80 Å². The molecule has 2 amide bonds. The highest BCUT2D eigenvalue weighted by Crippen LogP contribution is 2.31. The van der Waals surface area contributed by atoms with E-state index >= 15 is 0 Å². The molecule has 2 heterocycles. The summed E-state index contributed by atoms with van der Waals surface area (Å²) in [6, 6.07) is 6.83. The second kappa shape index (κ2) is 4.96. The zero-order valence-electron chi connectivity index (χ0n) is 11.7. The zero-order valence-corrected chi connectivity index (χ0v) is 11.7. The number of imide groups is 1. The fraction of sp³-hybridized carbons (Fsp3) is 0.400. The summed E-state index contributed by atoms with van der Waals surface area (Å²) in [5.41, 5.74) is 1.71. The van der Waals surface area contributed by atoms with E-state index in [1.165, 1.54) is 7.05 Å². The molecule has 0 aromatic heterocycles. The van der Waals surface area contributed by atoms with Crippen molar-refractivity contribution in [2.75, 3.05) is 13.6 Å². The molecule has 3 rings (SSSR count). The number of carboxylic acid groups (broad SMARTS) is 1. The number of aliphatic carboxylic acids is 1. The van der Waals surface area contributed by atoms with Crippen molar-refractivity contribution in [1.29, 1.82) is 0 Å². The molecule has 6 heteroatoms. The molecule has 0 radical (unpaired) electrons. The largest absolute Gasteiger partial charge is 0.481 e. The molecule has 2 atom stereocenters. The number of likely N-dealkylation sites (tertiary alicyclic amines) is 1. The number of fused-ring (bicyclic) bond motifs is 1. The number of nitrogens with zero attached hydrogens (tertiary/aromatic N) is 2. The van der Waals surface area contributed by atoms with Crippen LogP contribution in [0.2, 0.25) is 0 Å². The van der Waals surface area contributed by atoms with Crippen LogP contribution in [0.1, 0.15) is 23.5 Å². The van der Waals surface area contributed by atoms with Gasteiger partial charge in [-0.2, -0.15) is 0 Å². The van der Waals surface area contributed by atoms with Crippen molar-refractivity contribution in [3.05, 3.63) is 35.4 Å². The monoisotopic (exact) mass is 288 g/mol. The van der Waals surface area contributed by atoms with Crippen LogP contribution in [0, 0.1) is 0 Å². The number of hydrogen-bond donors (Lipinski definition) is 1.